The number of aromatic nitrogens is 4. The minimum Gasteiger partial charge on any atom is -0.457 e. The molecule has 0 bridgehead atoms. The van der Waals surface area contributed by atoms with Gasteiger partial charge in [0.25, 0.3) is 0 Å². The normalized spacial score (nSPS) is 10.4. The highest BCUT2D eigenvalue weighted by Gasteiger charge is 2.16. The van der Waals surface area contributed by atoms with Gasteiger partial charge >= 0.3 is 5.97 Å². The Morgan fingerprint density at radius 2 is 1.64 bits per heavy atom. The third-order valence-corrected chi connectivity index (χ3v) is 4.02. The molecule has 0 amide bonds. The van der Waals surface area contributed by atoms with E-state index in [-0.39, 0.29) is 6.61 Å². The fraction of sp³-hybridized carbons (Fsp3) is 0.0476. The molecule has 0 N–H and O–H groups in total. The van der Waals surface area contributed by atoms with Crippen LogP contribution in [0.1, 0.15) is 15.9 Å². The van der Waals surface area contributed by atoms with Crippen molar-refractivity contribution in [3.05, 3.63) is 96.3 Å². The number of ether oxygens (including phenoxy) is 2. The first kappa shape index (κ1) is 17.4. The predicted octanol–water partition coefficient (Wildman–Crippen LogP) is 3.81. The van der Waals surface area contributed by atoms with Crippen molar-refractivity contribution in [3.8, 4) is 17.2 Å². The standard InChI is InChI=1S/C21H16N4O3/c26-21(18-11-5-6-12-19(18)25-15-22-23-24-25)27-14-16-8-4-7-13-20(16)28-17-9-2-1-3-10-17/h1-13,15H,14H2. The molecule has 0 aliphatic rings. The van der Waals surface area contributed by atoms with Crippen LogP contribution >= 0.6 is 0 Å². The van der Waals surface area contributed by atoms with E-state index < -0.39 is 5.97 Å². The molecule has 0 radical (unpaired) electrons. The van der Waals surface area contributed by atoms with Gasteiger partial charge in [0.15, 0.2) is 0 Å². The fourth-order valence-electron chi connectivity index (χ4n) is 2.68. The second-order valence-corrected chi connectivity index (χ2v) is 5.87. The number of benzene rings is 3. The molecule has 0 unspecified atom stereocenters. The molecule has 138 valence electrons. The Labute approximate surface area is 161 Å². The molecule has 1 heterocycles. The number of hydrogen-bond donors (Lipinski definition) is 0. The molecular formula is C21H16N4O3. The van der Waals surface area contributed by atoms with E-state index in [4.69, 9.17) is 9.47 Å². The van der Waals surface area contributed by atoms with Crippen LogP contribution in [0.15, 0.2) is 85.2 Å². The number of nitrogens with zero attached hydrogens (tertiary/aromatic N) is 4. The highest BCUT2D eigenvalue weighted by Crippen LogP contribution is 2.26. The quantitative estimate of drug-likeness (QED) is 0.479. The molecule has 4 rings (SSSR count). The van der Waals surface area contributed by atoms with E-state index in [1.165, 1.54) is 11.0 Å². The smallest absolute Gasteiger partial charge is 0.340 e. The van der Waals surface area contributed by atoms with Gasteiger partial charge in [-0.05, 0) is 40.8 Å². The van der Waals surface area contributed by atoms with Crippen LogP contribution in [0.25, 0.3) is 5.69 Å². The highest BCUT2D eigenvalue weighted by molar-refractivity contribution is 5.93. The lowest BCUT2D eigenvalue weighted by molar-refractivity contribution is 0.0470. The zero-order valence-corrected chi connectivity index (χ0v) is 14.8. The third-order valence-electron chi connectivity index (χ3n) is 4.02. The molecule has 0 atom stereocenters. The van der Waals surface area contributed by atoms with Gasteiger partial charge in [0.05, 0.1) is 11.3 Å². The summed E-state index contributed by atoms with van der Waals surface area (Å²) >= 11 is 0. The zero-order chi connectivity index (χ0) is 19.2. The summed E-state index contributed by atoms with van der Waals surface area (Å²) < 4.78 is 12.9. The summed E-state index contributed by atoms with van der Waals surface area (Å²) in [7, 11) is 0. The SMILES string of the molecule is O=C(OCc1ccccc1Oc1ccccc1)c1ccccc1-n1cnnn1. The van der Waals surface area contributed by atoms with E-state index in [0.29, 0.717) is 22.7 Å². The summed E-state index contributed by atoms with van der Waals surface area (Å²) in [6.45, 7) is 0.0752. The van der Waals surface area contributed by atoms with Gasteiger partial charge in [-0.15, -0.1) is 5.10 Å². The van der Waals surface area contributed by atoms with Gasteiger partial charge in [-0.3, -0.25) is 0 Å². The second kappa shape index (κ2) is 8.13. The molecule has 4 aromatic rings. The zero-order valence-electron chi connectivity index (χ0n) is 14.8. The first-order chi connectivity index (χ1) is 13.8. The minimum absolute atomic E-state index is 0.0752. The van der Waals surface area contributed by atoms with Crippen LogP contribution < -0.4 is 4.74 Å². The number of rotatable bonds is 6. The van der Waals surface area contributed by atoms with Crippen molar-refractivity contribution in [3.63, 3.8) is 0 Å². The molecule has 28 heavy (non-hydrogen) atoms. The van der Waals surface area contributed by atoms with Gasteiger partial charge in [0, 0.05) is 5.56 Å². The second-order valence-electron chi connectivity index (χ2n) is 5.87. The van der Waals surface area contributed by atoms with E-state index >= 15 is 0 Å². The maximum atomic E-state index is 12.7. The maximum Gasteiger partial charge on any atom is 0.340 e. The van der Waals surface area contributed by atoms with E-state index in [1.54, 1.807) is 24.3 Å². The Morgan fingerprint density at radius 1 is 0.893 bits per heavy atom. The molecule has 0 aliphatic carbocycles. The number of tetrazole rings is 1. The van der Waals surface area contributed by atoms with Gasteiger partial charge in [-0.2, -0.15) is 4.68 Å². The molecule has 0 fully saturated rings. The predicted molar refractivity (Wildman–Crippen MR) is 101 cm³/mol. The third kappa shape index (κ3) is 3.88. The molecule has 7 heteroatoms. The van der Waals surface area contributed by atoms with Crippen LogP contribution in [0.2, 0.25) is 0 Å². The lowest BCUT2D eigenvalue weighted by Gasteiger charge is -2.12. The molecule has 0 saturated carbocycles. The van der Waals surface area contributed by atoms with Crippen LogP contribution in [0, 0.1) is 0 Å². The topological polar surface area (TPSA) is 79.1 Å². The summed E-state index contributed by atoms with van der Waals surface area (Å²) in [6, 6.07) is 23.9. The van der Waals surface area contributed by atoms with Gasteiger partial charge in [0.1, 0.15) is 24.4 Å². The first-order valence-corrected chi connectivity index (χ1v) is 8.61. The van der Waals surface area contributed by atoms with Crippen molar-refractivity contribution in [1.29, 1.82) is 0 Å². The average Bonchev–Trinajstić information content (AvgIpc) is 3.28. The Bertz CT molecular complexity index is 1070. The minimum atomic E-state index is -0.472. The summed E-state index contributed by atoms with van der Waals surface area (Å²) in [5.41, 5.74) is 1.68. The summed E-state index contributed by atoms with van der Waals surface area (Å²) in [5, 5.41) is 11.1. The summed E-state index contributed by atoms with van der Waals surface area (Å²) in [4.78, 5) is 12.7. The van der Waals surface area contributed by atoms with Crippen LogP contribution in [-0.4, -0.2) is 26.2 Å². The van der Waals surface area contributed by atoms with E-state index in [9.17, 15) is 4.79 Å². The number of carbonyl (C=O) groups excluding carboxylic acids is 1. The Kier molecular flexibility index (Phi) is 5.06. The average molecular weight is 372 g/mol. The maximum absolute atomic E-state index is 12.7. The van der Waals surface area contributed by atoms with E-state index in [0.717, 1.165) is 5.56 Å². The molecular weight excluding hydrogens is 356 g/mol. The molecule has 0 aliphatic heterocycles. The van der Waals surface area contributed by atoms with Crippen molar-refractivity contribution in [1.82, 2.24) is 20.2 Å². The van der Waals surface area contributed by atoms with E-state index in [1.807, 2.05) is 54.6 Å². The molecule has 1 aromatic heterocycles. The van der Waals surface area contributed by atoms with Gasteiger partial charge < -0.3 is 9.47 Å². The van der Waals surface area contributed by atoms with Crippen molar-refractivity contribution in [2.45, 2.75) is 6.61 Å². The Balaban J connectivity index is 1.51. The highest BCUT2D eigenvalue weighted by atomic mass is 16.5. The summed E-state index contributed by atoms with van der Waals surface area (Å²) in [5.74, 6) is 0.876. The van der Waals surface area contributed by atoms with Crippen LogP contribution in [0.4, 0.5) is 0 Å². The van der Waals surface area contributed by atoms with Crippen molar-refractivity contribution in [2.24, 2.45) is 0 Å². The van der Waals surface area contributed by atoms with Gasteiger partial charge in [-0.1, -0.05) is 48.5 Å². The van der Waals surface area contributed by atoms with E-state index in [2.05, 4.69) is 15.5 Å². The lowest BCUT2D eigenvalue weighted by Crippen LogP contribution is -2.10. The van der Waals surface area contributed by atoms with Crippen LogP contribution in [0.5, 0.6) is 11.5 Å². The number of hydrogen-bond acceptors (Lipinski definition) is 6. The number of para-hydroxylation sites is 3. The van der Waals surface area contributed by atoms with Crippen molar-refractivity contribution < 1.29 is 14.3 Å². The van der Waals surface area contributed by atoms with Gasteiger partial charge in [0.2, 0.25) is 0 Å². The van der Waals surface area contributed by atoms with Crippen LogP contribution in [0.3, 0.4) is 0 Å². The lowest BCUT2D eigenvalue weighted by atomic mass is 10.1. The Morgan fingerprint density at radius 3 is 2.46 bits per heavy atom. The van der Waals surface area contributed by atoms with Gasteiger partial charge in [-0.25, -0.2) is 4.79 Å². The number of carbonyl (C=O) groups is 1. The molecule has 0 saturated heterocycles. The fourth-order valence-corrected chi connectivity index (χ4v) is 2.68. The number of esters is 1. The first-order valence-electron chi connectivity index (χ1n) is 8.61. The van der Waals surface area contributed by atoms with Crippen molar-refractivity contribution >= 4 is 5.97 Å². The van der Waals surface area contributed by atoms with Crippen molar-refractivity contribution in [2.75, 3.05) is 0 Å². The largest absolute Gasteiger partial charge is 0.457 e. The Hall–Kier alpha value is -4.00. The molecule has 0 spiro atoms. The monoisotopic (exact) mass is 372 g/mol. The van der Waals surface area contributed by atoms with Crippen LogP contribution in [-0.2, 0) is 11.3 Å². The summed E-state index contributed by atoms with van der Waals surface area (Å²) in [6.07, 6.45) is 1.43. The molecule has 7 nitrogen and oxygen atoms in total. The molecule has 3 aromatic carbocycles.